The van der Waals surface area contributed by atoms with E-state index in [0.717, 1.165) is 12.8 Å². The minimum Gasteiger partial charge on any atom is -0.395 e. The van der Waals surface area contributed by atoms with E-state index in [0.29, 0.717) is 28.3 Å². The van der Waals surface area contributed by atoms with Crippen LogP contribution in [0.3, 0.4) is 0 Å². The number of hydrogen-bond donors (Lipinski definition) is 2. The molecule has 0 atom stereocenters. The third-order valence-electron chi connectivity index (χ3n) is 3.00. The Morgan fingerprint density at radius 2 is 2.16 bits per heavy atom. The maximum Gasteiger partial charge on any atom is 0.238 e. The van der Waals surface area contributed by atoms with Crippen molar-refractivity contribution in [3.05, 3.63) is 28.2 Å². The molecule has 0 bridgehead atoms. The Kier molecular flexibility index (Phi) is 5.05. The Balaban J connectivity index is 1.92. The van der Waals surface area contributed by atoms with Gasteiger partial charge in [-0.3, -0.25) is 9.69 Å². The Morgan fingerprint density at radius 1 is 1.42 bits per heavy atom. The number of nitrogens with one attached hydrogen (secondary N) is 1. The summed E-state index contributed by atoms with van der Waals surface area (Å²) in [5.41, 5.74) is 0.552. The Bertz CT molecular complexity index is 464. The van der Waals surface area contributed by atoms with E-state index in [9.17, 15) is 4.79 Å². The van der Waals surface area contributed by atoms with Crippen LogP contribution in [0, 0.1) is 0 Å². The summed E-state index contributed by atoms with van der Waals surface area (Å²) in [6, 6.07) is 5.37. The lowest BCUT2D eigenvalue weighted by Gasteiger charge is -2.20. The summed E-state index contributed by atoms with van der Waals surface area (Å²) in [5, 5.41) is 12.7. The van der Waals surface area contributed by atoms with Gasteiger partial charge in [0.15, 0.2) is 0 Å². The highest BCUT2D eigenvalue weighted by molar-refractivity contribution is 6.36. The molecule has 1 amide bonds. The summed E-state index contributed by atoms with van der Waals surface area (Å²) < 4.78 is 0. The fourth-order valence-corrected chi connectivity index (χ4v) is 2.38. The highest BCUT2D eigenvalue weighted by Crippen LogP contribution is 2.27. The highest BCUT2D eigenvalue weighted by atomic mass is 35.5. The molecule has 19 heavy (non-hydrogen) atoms. The smallest absolute Gasteiger partial charge is 0.238 e. The van der Waals surface area contributed by atoms with Gasteiger partial charge in [-0.25, -0.2) is 0 Å². The van der Waals surface area contributed by atoms with E-state index in [1.807, 2.05) is 4.90 Å². The van der Waals surface area contributed by atoms with E-state index in [1.165, 1.54) is 0 Å². The summed E-state index contributed by atoms with van der Waals surface area (Å²) in [4.78, 5) is 13.9. The molecule has 6 heteroatoms. The molecule has 104 valence electrons. The van der Waals surface area contributed by atoms with Crippen LogP contribution in [0.5, 0.6) is 0 Å². The van der Waals surface area contributed by atoms with Gasteiger partial charge in [0.1, 0.15) is 0 Å². The molecule has 2 rings (SSSR count). The zero-order chi connectivity index (χ0) is 13.8. The summed E-state index contributed by atoms with van der Waals surface area (Å²) in [5.74, 6) is -0.135. The zero-order valence-corrected chi connectivity index (χ0v) is 11.9. The topological polar surface area (TPSA) is 52.6 Å². The van der Waals surface area contributed by atoms with Crippen LogP contribution in [0.4, 0.5) is 5.69 Å². The fourth-order valence-electron chi connectivity index (χ4n) is 1.92. The van der Waals surface area contributed by atoms with Gasteiger partial charge in [0, 0.05) is 17.6 Å². The van der Waals surface area contributed by atoms with E-state index < -0.39 is 0 Å². The maximum absolute atomic E-state index is 11.9. The van der Waals surface area contributed by atoms with E-state index in [1.54, 1.807) is 18.2 Å². The van der Waals surface area contributed by atoms with Crippen LogP contribution in [0.2, 0.25) is 10.0 Å². The van der Waals surface area contributed by atoms with Crippen molar-refractivity contribution in [2.45, 2.75) is 18.9 Å². The molecule has 0 spiro atoms. The van der Waals surface area contributed by atoms with Gasteiger partial charge in [-0.2, -0.15) is 0 Å². The molecule has 0 radical (unpaired) electrons. The first-order valence-electron chi connectivity index (χ1n) is 6.20. The number of aliphatic hydroxyl groups excluding tert-OH is 1. The van der Waals surface area contributed by atoms with Crippen molar-refractivity contribution in [3.63, 3.8) is 0 Å². The highest BCUT2D eigenvalue weighted by Gasteiger charge is 2.29. The molecule has 1 aliphatic rings. The van der Waals surface area contributed by atoms with E-state index in [-0.39, 0.29) is 19.1 Å². The number of carbonyl (C=O) groups excluding carboxylic acids is 1. The molecule has 1 aromatic rings. The Labute approximate surface area is 122 Å². The quantitative estimate of drug-likeness (QED) is 0.848. The molecule has 1 saturated carbocycles. The number of halogens is 2. The third-order valence-corrected chi connectivity index (χ3v) is 3.55. The molecule has 4 nitrogen and oxygen atoms in total. The Hall–Kier alpha value is -0.810. The van der Waals surface area contributed by atoms with Gasteiger partial charge in [0.05, 0.1) is 23.9 Å². The monoisotopic (exact) mass is 302 g/mol. The van der Waals surface area contributed by atoms with Gasteiger partial charge in [0.25, 0.3) is 0 Å². The normalized spacial score (nSPS) is 14.7. The number of aliphatic hydroxyl groups is 1. The number of amides is 1. The number of benzene rings is 1. The molecule has 0 aliphatic heterocycles. The predicted molar refractivity (Wildman–Crippen MR) is 76.8 cm³/mol. The number of rotatable bonds is 6. The van der Waals surface area contributed by atoms with Crippen LogP contribution in [-0.2, 0) is 4.79 Å². The van der Waals surface area contributed by atoms with Gasteiger partial charge in [0.2, 0.25) is 5.91 Å². The van der Waals surface area contributed by atoms with Crippen molar-refractivity contribution < 1.29 is 9.90 Å². The second kappa shape index (κ2) is 6.57. The number of anilines is 1. The summed E-state index contributed by atoms with van der Waals surface area (Å²) in [6.45, 7) is 0.849. The molecular weight excluding hydrogens is 287 g/mol. The Morgan fingerprint density at radius 3 is 2.74 bits per heavy atom. The van der Waals surface area contributed by atoms with Gasteiger partial charge in [-0.05, 0) is 31.0 Å². The van der Waals surface area contributed by atoms with Crippen molar-refractivity contribution in [3.8, 4) is 0 Å². The average Bonchev–Trinajstić information content (AvgIpc) is 3.16. The van der Waals surface area contributed by atoms with Crippen molar-refractivity contribution in [1.82, 2.24) is 4.90 Å². The standard InChI is InChI=1S/C13H16Cl2N2O2/c14-9-1-4-12(11(15)7-9)16-13(19)8-17(5-6-18)10-2-3-10/h1,4,7,10,18H,2-3,5-6,8H2,(H,16,19). The first kappa shape index (κ1) is 14.6. The molecular formula is C13H16Cl2N2O2. The van der Waals surface area contributed by atoms with E-state index >= 15 is 0 Å². The van der Waals surface area contributed by atoms with Crippen LogP contribution in [0.15, 0.2) is 18.2 Å². The zero-order valence-electron chi connectivity index (χ0n) is 10.4. The second-order valence-electron chi connectivity index (χ2n) is 4.60. The molecule has 1 aromatic carbocycles. The minimum absolute atomic E-state index is 0.0610. The number of hydrogen-bond acceptors (Lipinski definition) is 3. The van der Waals surface area contributed by atoms with Gasteiger partial charge in [-0.1, -0.05) is 23.2 Å². The van der Waals surface area contributed by atoms with Crippen molar-refractivity contribution in [1.29, 1.82) is 0 Å². The lowest BCUT2D eigenvalue weighted by atomic mass is 10.3. The van der Waals surface area contributed by atoms with Gasteiger partial charge >= 0.3 is 0 Å². The third kappa shape index (κ3) is 4.35. The lowest BCUT2D eigenvalue weighted by molar-refractivity contribution is -0.117. The molecule has 0 heterocycles. The molecule has 1 aliphatic carbocycles. The van der Waals surface area contributed by atoms with Crippen LogP contribution < -0.4 is 5.32 Å². The van der Waals surface area contributed by atoms with Crippen molar-refractivity contribution in [2.24, 2.45) is 0 Å². The molecule has 2 N–H and O–H groups in total. The van der Waals surface area contributed by atoms with Crippen LogP contribution in [0.1, 0.15) is 12.8 Å². The first-order chi connectivity index (χ1) is 9.10. The molecule has 1 fully saturated rings. The average molecular weight is 303 g/mol. The van der Waals surface area contributed by atoms with Gasteiger partial charge in [-0.15, -0.1) is 0 Å². The van der Waals surface area contributed by atoms with E-state index in [4.69, 9.17) is 28.3 Å². The largest absolute Gasteiger partial charge is 0.395 e. The second-order valence-corrected chi connectivity index (χ2v) is 5.44. The van der Waals surface area contributed by atoms with Crippen LogP contribution >= 0.6 is 23.2 Å². The van der Waals surface area contributed by atoms with Crippen molar-refractivity contribution >= 4 is 34.8 Å². The predicted octanol–water partition coefficient (Wildman–Crippen LogP) is 2.39. The van der Waals surface area contributed by atoms with Crippen LogP contribution in [0.25, 0.3) is 0 Å². The fraction of sp³-hybridized carbons (Fsp3) is 0.462. The summed E-state index contributed by atoms with van der Waals surface area (Å²) in [6.07, 6.45) is 2.18. The summed E-state index contributed by atoms with van der Waals surface area (Å²) >= 11 is 11.8. The lowest BCUT2D eigenvalue weighted by Crippen LogP contribution is -2.36. The van der Waals surface area contributed by atoms with E-state index in [2.05, 4.69) is 5.32 Å². The summed E-state index contributed by atoms with van der Waals surface area (Å²) in [7, 11) is 0. The van der Waals surface area contributed by atoms with Crippen molar-refractivity contribution in [2.75, 3.05) is 25.0 Å². The minimum atomic E-state index is -0.135. The van der Waals surface area contributed by atoms with Crippen LogP contribution in [-0.4, -0.2) is 41.7 Å². The maximum atomic E-state index is 11.9. The van der Waals surface area contributed by atoms with Gasteiger partial charge < -0.3 is 10.4 Å². The number of nitrogens with zero attached hydrogens (tertiary/aromatic N) is 1. The molecule has 0 unspecified atom stereocenters. The first-order valence-corrected chi connectivity index (χ1v) is 6.95. The number of carbonyl (C=O) groups is 1. The molecule has 0 saturated heterocycles. The SMILES string of the molecule is O=C(CN(CCO)C1CC1)Nc1ccc(Cl)cc1Cl. The molecule has 0 aromatic heterocycles.